The molecule has 3 rings (SSSR count). The Bertz CT molecular complexity index is 1080. The molecule has 8 heteroatoms. The van der Waals surface area contributed by atoms with Crippen molar-refractivity contribution in [2.24, 2.45) is 7.05 Å². The highest BCUT2D eigenvalue weighted by Gasteiger charge is 2.27. The van der Waals surface area contributed by atoms with Crippen molar-refractivity contribution >= 4 is 11.9 Å². The Morgan fingerprint density at radius 3 is 2.39 bits per heavy atom. The maximum atomic E-state index is 13.2. The number of amides is 1. The maximum Gasteiger partial charge on any atom is 0.340 e. The molecule has 0 saturated heterocycles. The van der Waals surface area contributed by atoms with E-state index in [1.54, 1.807) is 41.0 Å². The van der Waals surface area contributed by atoms with Crippen molar-refractivity contribution in [1.82, 2.24) is 19.9 Å². The Labute approximate surface area is 181 Å². The number of ether oxygens (including phenoxy) is 2. The second-order valence-corrected chi connectivity index (χ2v) is 7.66. The summed E-state index contributed by atoms with van der Waals surface area (Å²) in [6.07, 6.45) is 3.26. The van der Waals surface area contributed by atoms with Crippen molar-refractivity contribution in [3.05, 3.63) is 70.6 Å². The summed E-state index contributed by atoms with van der Waals surface area (Å²) < 4.78 is 12.4. The zero-order valence-electron chi connectivity index (χ0n) is 18.6. The molecule has 0 aliphatic rings. The molecule has 2 aromatic heterocycles. The van der Waals surface area contributed by atoms with Gasteiger partial charge in [0.15, 0.2) is 0 Å². The van der Waals surface area contributed by atoms with Crippen LogP contribution in [0.15, 0.2) is 36.7 Å². The van der Waals surface area contributed by atoms with E-state index in [1.165, 1.54) is 0 Å². The van der Waals surface area contributed by atoms with Gasteiger partial charge in [-0.05, 0) is 51.0 Å². The van der Waals surface area contributed by atoms with Gasteiger partial charge in [0.05, 0.1) is 18.8 Å². The maximum absolute atomic E-state index is 13.2. The molecule has 2 heterocycles. The molecule has 3 aromatic rings. The van der Waals surface area contributed by atoms with Crippen LogP contribution in [0.4, 0.5) is 0 Å². The van der Waals surface area contributed by atoms with E-state index in [0.29, 0.717) is 28.3 Å². The third-order valence-corrected chi connectivity index (χ3v) is 5.05. The number of nitrogens with one attached hydrogen (secondary N) is 2. The van der Waals surface area contributed by atoms with E-state index in [1.807, 2.05) is 42.1 Å². The third-order valence-electron chi connectivity index (χ3n) is 5.05. The van der Waals surface area contributed by atoms with E-state index in [4.69, 9.17) is 9.47 Å². The van der Waals surface area contributed by atoms with Crippen LogP contribution in [0.3, 0.4) is 0 Å². The molecule has 164 valence electrons. The van der Waals surface area contributed by atoms with Gasteiger partial charge in [-0.1, -0.05) is 12.1 Å². The highest BCUT2D eigenvalue weighted by molar-refractivity contribution is 6.00. The van der Waals surface area contributed by atoms with E-state index >= 15 is 0 Å². The van der Waals surface area contributed by atoms with Crippen LogP contribution < -0.4 is 10.1 Å². The second kappa shape index (κ2) is 9.07. The third kappa shape index (κ3) is 4.63. The van der Waals surface area contributed by atoms with Crippen LogP contribution in [-0.4, -0.2) is 39.6 Å². The smallest absolute Gasteiger partial charge is 0.340 e. The number of esters is 1. The molecule has 1 amide bonds. The van der Waals surface area contributed by atoms with Gasteiger partial charge in [-0.15, -0.1) is 0 Å². The van der Waals surface area contributed by atoms with Crippen molar-refractivity contribution < 1.29 is 19.1 Å². The molecule has 2 N–H and O–H groups in total. The van der Waals surface area contributed by atoms with Crippen LogP contribution in [-0.2, 0) is 11.8 Å². The molecule has 0 spiro atoms. The fraction of sp³-hybridized carbons (Fsp3) is 0.348. The summed E-state index contributed by atoms with van der Waals surface area (Å²) in [6.45, 7) is 7.06. The predicted molar refractivity (Wildman–Crippen MR) is 116 cm³/mol. The molecule has 0 fully saturated rings. The minimum atomic E-state index is -0.493. The largest absolute Gasteiger partial charge is 0.497 e. The second-order valence-electron chi connectivity index (χ2n) is 7.66. The lowest BCUT2D eigenvalue weighted by Crippen LogP contribution is -2.31. The summed E-state index contributed by atoms with van der Waals surface area (Å²) in [6, 6.07) is 6.95. The lowest BCUT2D eigenvalue weighted by molar-refractivity contribution is 0.0376. The van der Waals surface area contributed by atoms with E-state index in [9.17, 15) is 9.59 Å². The number of carbonyl (C=O) groups is 2. The van der Waals surface area contributed by atoms with Crippen LogP contribution in [0.2, 0.25) is 0 Å². The number of hydrogen-bond acceptors (Lipinski definition) is 5. The van der Waals surface area contributed by atoms with Crippen LogP contribution in [0, 0.1) is 13.8 Å². The number of H-pyrrole nitrogens is 1. The molecular weight excluding hydrogens is 396 g/mol. The molecule has 1 aromatic carbocycles. The summed E-state index contributed by atoms with van der Waals surface area (Å²) in [5.41, 5.74) is 2.70. The first-order chi connectivity index (χ1) is 14.7. The standard InChI is InChI=1S/C23H28N4O4/c1-13(2)31-23(29)18-14(3)19(25-15(18)4)22(28)26-20(21-24-11-12-27(21)5)16-7-9-17(30-6)10-8-16/h7-13,20,25H,1-6H3,(H,26,28). The Morgan fingerprint density at radius 1 is 1.16 bits per heavy atom. The monoisotopic (exact) mass is 424 g/mol. The minimum Gasteiger partial charge on any atom is -0.497 e. The average Bonchev–Trinajstić information content (AvgIpc) is 3.28. The molecule has 31 heavy (non-hydrogen) atoms. The summed E-state index contributed by atoms with van der Waals surface area (Å²) in [4.78, 5) is 33.2. The quantitative estimate of drug-likeness (QED) is 0.566. The van der Waals surface area contributed by atoms with Gasteiger partial charge in [0.1, 0.15) is 23.3 Å². The number of nitrogens with zero attached hydrogens (tertiary/aromatic N) is 2. The van der Waals surface area contributed by atoms with Gasteiger partial charge in [-0.25, -0.2) is 9.78 Å². The van der Waals surface area contributed by atoms with Gasteiger partial charge in [-0.3, -0.25) is 4.79 Å². The lowest BCUT2D eigenvalue weighted by Gasteiger charge is -2.19. The molecule has 0 bridgehead atoms. The first-order valence-corrected chi connectivity index (χ1v) is 10.0. The Morgan fingerprint density at radius 2 is 1.84 bits per heavy atom. The van der Waals surface area contributed by atoms with E-state index in [-0.39, 0.29) is 12.0 Å². The van der Waals surface area contributed by atoms with Crippen LogP contribution in [0.5, 0.6) is 5.75 Å². The average molecular weight is 425 g/mol. The molecule has 0 saturated carbocycles. The van der Waals surface area contributed by atoms with Gasteiger partial charge in [-0.2, -0.15) is 0 Å². The SMILES string of the molecule is COc1ccc(C(NC(=O)c2[nH]c(C)c(C(=O)OC(C)C)c2C)c2nccn2C)cc1. The molecular formula is C23H28N4O4. The Balaban J connectivity index is 1.94. The molecule has 1 atom stereocenters. The minimum absolute atomic E-state index is 0.249. The summed E-state index contributed by atoms with van der Waals surface area (Å²) in [7, 11) is 3.47. The Kier molecular flexibility index (Phi) is 6.48. The normalized spacial score (nSPS) is 12.0. The van der Waals surface area contributed by atoms with Crippen LogP contribution >= 0.6 is 0 Å². The highest BCUT2D eigenvalue weighted by Crippen LogP contribution is 2.25. The summed E-state index contributed by atoms with van der Waals surface area (Å²) in [5, 5.41) is 3.04. The highest BCUT2D eigenvalue weighted by atomic mass is 16.5. The first kappa shape index (κ1) is 22.1. The summed E-state index contributed by atoms with van der Waals surface area (Å²) >= 11 is 0. The van der Waals surface area contributed by atoms with Crippen molar-refractivity contribution in [2.75, 3.05) is 7.11 Å². The Hall–Kier alpha value is -3.55. The fourth-order valence-corrected chi connectivity index (χ4v) is 3.51. The van der Waals surface area contributed by atoms with Crippen LogP contribution in [0.1, 0.15) is 63.4 Å². The lowest BCUT2D eigenvalue weighted by atomic mass is 10.0. The van der Waals surface area contributed by atoms with Crippen molar-refractivity contribution in [3.8, 4) is 5.75 Å². The number of methoxy groups -OCH3 is 1. The first-order valence-electron chi connectivity index (χ1n) is 10.0. The number of hydrogen-bond donors (Lipinski definition) is 2. The van der Waals surface area contributed by atoms with E-state index in [2.05, 4.69) is 15.3 Å². The van der Waals surface area contributed by atoms with Crippen LogP contribution in [0.25, 0.3) is 0 Å². The molecule has 0 radical (unpaired) electrons. The number of imidazole rings is 1. The topological polar surface area (TPSA) is 98.2 Å². The fourth-order valence-electron chi connectivity index (χ4n) is 3.51. The number of aromatic amines is 1. The number of benzene rings is 1. The van der Waals surface area contributed by atoms with Crippen molar-refractivity contribution in [3.63, 3.8) is 0 Å². The van der Waals surface area contributed by atoms with E-state index < -0.39 is 12.0 Å². The van der Waals surface area contributed by atoms with Gasteiger partial charge in [0.2, 0.25) is 0 Å². The zero-order chi connectivity index (χ0) is 22.7. The van der Waals surface area contributed by atoms with Gasteiger partial charge in [0.25, 0.3) is 5.91 Å². The molecule has 8 nitrogen and oxygen atoms in total. The summed E-state index contributed by atoms with van der Waals surface area (Å²) in [5.74, 6) is 0.612. The van der Waals surface area contributed by atoms with Crippen molar-refractivity contribution in [1.29, 1.82) is 0 Å². The predicted octanol–water partition coefficient (Wildman–Crippen LogP) is 3.46. The van der Waals surface area contributed by atoms with Crippen molar-refractivity contribution in [2.45, 2.75) is 39.8 Å². The number of aromatic nitrogens is 3. The number of rotatable bonds is 7. The van der Waals surface area contributed by atoms with Gasteiger partial charge in [0, 0.05) is 25.1 Å². The molecule has 1 unspecified atom stereocenters. The molecule has 0 aliphatic heterocycles. The number of carbonyl (C=O) groups excluding carboxylic acids is 2. The van der Waals surface area contributed by atoms with E-state index in [0.717, 1.165) is 11.3 Å². The number of aryl methyl sites for hydroxylation is 2. The molecule has 0 aliphatic carbocycles. The van der Waals surface area contributed by atoms with Gasteiger partial charge >= 0.3 is 5.97 Å². The zero-order valence-corrected chi connectivity index (χ0v) is 18.6. The van der Waals surface area contributed by atoms with Gasteiger partial charge < -0.3 is 24.3 Å².